The molecule has 0 bridgehead atoms. The molecule has 0 atom stereocenters. The van der Waals surface area contributed by atoms with E-state index >= 15 is 0 Å². The smallest absolute Gasteiger partial charge is 0.225 e. The topological polar surface area (TPSA) is 47.4 Å². The Labute approximate surface area is 184 Å². The first-order valence-electron chi connectivity index (χ1n) is 11.2. The summed E-state index contributed by atoms with van der Waals surface area (Å²) in [6, 6.07) is 19.9. The fourth-order valence-electron chi connectivity index (χ4n) is 4.03. The van der Waals surface area contributed by atoms with Crippen LogP contribution in [0.2, 0.25) is 0 Å². The maximum atomic E-state index is 13.2. The quantitative estimate of drug-likeness (QED) is 0.475. The van der Waals surface area contributed by atoms with E-state index in [1.54, 1.807) is 4.68 Å². The molecule has 1 aliphatic carbocycles. The van der Waals surface area contributed by atoms with Crippen molar-refractivity contribution in [3.63, 3.8) is 0 Å². The number of rotatable bonds is 8. The second-order valence-corrected chi connectivity index (χ2v) is 8.78. The fraction of sp³-hybridized carbons (Fsp3) is 0.385. The van der Waals surface area contributed by atoms with Crippen LogP contribution < -0.4 is 4.74 Å². The number of carbonyl (C=O) groups is 1. The zero-order valence-corrected chi connectivity index (χ0v) is 18.6. The first-order valence-corrected chi connectivity index (χ1v) is 11.2. The Morgan fingerprint density at radius 3 is 2.32 bits per heavy atom. The van der Waals surface area contributed by atoms with Crippen molar-refractivity contribution < 1.29 is 9.53 Å². The Bertz CT molecular complexity index is 1010. The van der Waals surface area contributed by atoms with Gasteiger partial charge in [-0.05, 0) is 30.9 Å². The van der Waals surface area contributed by atoms with Gasteiger partial charge in [-0.15, -0.1) is 0 Å². The lowest BCUT2D eigenvalue weighted by Gasteiger charge is -2.33. The number of benzene rings is 2. The summed E-state index contributed by atoms with van der Waals surface area (Å²) in [6.45, 7) is 5.53. The molecule has 5 heteroatoms. The van der Waals surface area contributed by atoms with Crippen LogP contribution in [-0.2, 0) is 18.4 Å². The van der Waals surface area contributed by atoms with Crippen LogP contribution in [0.3, 0.4) is 0 Å². The average molecular weight is 418 g/mol. The Morgan fingerprint density at radius 1 is 1.10 bits per heavy atom. The summed E-state index contributed by atoms with van der Waals surface area (Å²) in [5.74, 6) is 2.24. The molecule has 5 nitrogen and oxygen atoms in total. The zero-order valence-electron chi connectivity index (χ0n) is 18.6. The van der Waals surface area contributed by atoms with Crippen LogP contribution in [0.15, 0.2) is 60.7 Å². The maximum Gasteiger partial charge on any atom is 0.225 e. The van der Waals surface area contributed by atoms with Gasteiger partial charge >= 0.3 is 0 Å². The van der Waals surface area contributed by atoms with Crippen molar-refractivity contribution in [2.75, 3.05) is 6.54 Å². The van der Waals surface area contributed by atoms with Gasteiger partial charge in [-0.1, -0.05) is 68.8 Å². The van der Waals surface area contributed by atoms with E-state index in [1.165, 1.54) is 0 Å². The number of carbonyl (C=O) groups excluding carboxylic acids is 1. The summed E-state index contributed by atoms with van der Waals surface area (Å²) in [6.07, 6.45) is 3.15. The van der Waals surface area contributed by atoms with Gasteiger partial charge in [-0.3, -0.25) is 4.79 Å². The average Bonchev–Trinajstić information content (AvgIpc) is 3.03. The molecule has 1 aromatic heterocycles. The highest BCUT2D eigenvalue weighted by Gasteiger charge is 2.32. The predicted octanol–water partition coefficient (Wildman–Crippen LogP) is 5.66. The standard InChI is InChI=1S/C26H31N3O2/c1-19(2)17-29(25(30)21-13-10-14-21)18-23-24(20-11-6-4-7-12-20)27-28(3)26(23)31-22-15-8-5-9-16-22/h4-9,11-12,15-16,19,21H,10,13-14,17-18H2,1-3H3. The van der Waals surface area contributed by atoms with Gasteiger partial charge in [0.25, 0.3) is 0 Å². The van der Waals surface area contributed by atoms with Crippen molar-refractivity contribution >= 4 is 5.91 Å². The van der Waals surface area contributed by atoms with E-state index < -0.39 is 0 Å². The minimum atomic E-state index is 0.161. The van der Waals surface area contributed by atoms with E-state index in [0.717, 1.165) is 48.4 Å². The van der Waals surface area contributed by atoms with Gasteiger partial charge < -0.3 is 9.64 Å². The van der Waals surface area contributed by atoms with Crippen molar-refractivity contribution in [2.24, 2.45) is 18.9 Å². The highest BCUT2D eigenvalue weighted by atomic mass is 16.5. The normalized spacial score (nSPS) is 13.8. The Balaban J connectivity index is 1.74. The van der Waals surface area contributed by atoms with Crippen molar-refractivity contribution in [3.05, 3.63) is 66.2 Å². The third-order valence-electron chi connectivity index (χ3n) is 5.79. The van der Waals surface area contributed by atoms with Crippen LogP contribution in [0.1, 0.15) is 38.7 Å². The lowest BCUT2D eigenvalue weighted by Crippen LogP contribution is -2.40. The summed E-state index contributed by atoms with van der Waals surface area (Å²) in [7, 11) is 1.90. The maximum absolute atomic E-state index is 13.2. The minimum Gasteiger partial charge on any atom is -0.439 e. The van der Waals surface area contributed by atoms with Gasteiger partial charge in [-0.2, -0.15) is 5.10 Å². The minimum absolute atomic E-state index is 0.161. The van der Waals surface area contributed by atoms with Crippen LogP contribution in [0.25, 0.3) is 11.3 Å². The number of aromatic nitrogens is 2. The number of amides is 1. The summed E-state index contributed by atoms with van der Waals surface area (Å²) in [5, 5.41) is 4.80. The third kappa shape index (κ3) is 4.82. The van der Waals surface area contributed by atoms with Crippen LogP contribution in [-0.4, -0.2) is 27.1 Å². The van der Waals surface area contributed by atoms with Gasteiger partial charge in [0.1, 0.15) is 11.4 Å². The lowest BCUT2D eigenvalue weighted by molar-refractivity contribution is -0.139. The number of nitrogens with zero attached hydrogens (tertiary/aromatic N) is 3. The monoisotopic (exact) mass is 417 g/mol. The molecule has 0 radical (unpaired) electrons. The first kappa shape index (κ1) is 21.2. The molecule has 1 aliphatic rings. The molecule has 0 aliphatic heterocycles. The number of hydrogen-bond acceptors (Lipinski definition) is 3. The first-order chi connectivity index (χ1) is 15.0. The SMILES string of the molecule is CC(C)CN(Cc1c(-c2ccccc2)nn(C)c1Oc1ccccc1)C(=O)C1CCC1. The highest BCUT2D eigenvalue weighted by molar-refractivity contribution is 5.80. The van der Waals surface area contributed by atoms with Crippen molar-refractivity contribution in [1.82, 2.24) is 14.7 Å². The van der Waals surface area contributed by atoms with E-state index in [4.69, 9.17) is 9.84 Å². The molecular formula is C26H31N3O2. The molecule has 0 saturated heterocycles. The molecule has 1 fully saturated rings. The number of aryl methyl sites for hydroxylation is 1. The third-order valence-corrected chi connectivity index (χ3v) is 5.79. The molecule has 4 rings (SSSR count). The molecule has 0 N–H and O–H groups in total. The fourth-order valence-corrected chi connectivity index (χ4v) is 4.03. The Morgan fingerprint density at radius 2 is 1.74 bits per heavy atom. The molecule has 1 saturated carbocycles. The van der Waals surface area contributed by atoms with Crippen molar-refractivity contribution in [3.8, 4) is 22.9 Å². The van der Waals surface area contributed by atoms with E-state index in [0.29, 0.717) is 18.3 Å². The zero-order chi connectivity index (χ0) is 21.8. The number of ether oxygens (including phenoxy) is 1. The van der Waals surface area contributed by atoms with Gasteiger partial charge in [0, 0.05) is 25.1 Å². The molecule has 0 spiro atoms. The summed E-state index contributed by atoms with van der Waals surface area (Å²) < 4.78 is 8.08. The number of para-hydroxylation sites is 1. The predicted molar refractivity (Wildman–Crippen MR) is 123 cm³/mol. The molecule has 2 aromatic carbocycles. The second kappa shape index (κ2) is 9.38. The van der Waals surface area contributed by atoms with E-state index in [2.05, 4.69) is 26.0 Å². The molecule has 31 heavy (non-hydrogen) atoms. The molecule has 162 valence electrons. The van der Waals surface area contributed by atoms with Crippen molar-refractivity contribution in [2.45, 2.75) is 39.7 Å². The summed E-state index contributed by atoms with van der Waals surface area (Å²) in [4.78, 5) is 15.3. The van der Waals surface area contributed by atoms with Crippen LogP contribution >= 0.6 is 0 Å². The van der Waals surface area contributed by atoms with Crippen LogP contribution in [0.5, 0.6) is 11.6 Å². The van der Waals surface area contributed by atoms with Crippen molar-refractivity contribution in [1.29, 1.82) is 0 Å². The molecule has 1 amide bonds. The van der Waals surface area contributed by atoms with E-state index in [-0.39, 0.29) is 11.8 Å². The van der Waals surface area contributed by atoms with Gasteiger partial charge in [0.2, 0.25) is 11.8 Å². The van der Waals surface area contributed by atoms with Gasteiger partial charge in [0.05, 0.1) is 12.1 Å². The van der Waals surface area contributed by atoms with Gasteiger partial charge in [0.15, 0.2) is 0 Å². The van der Waals surface area contributed by atoms with E-state index in [9.17, 15) is 4.79 Å². The number of hydrogen-bond donors (Lipinski definition) is 0. The van der Waals surface area contributed by atoms with E-state index in [1.807, 2.05) is 60.5 Å². The van der Waals surface area contributed by atoms with Crippen LogP contribution in [0, 0.1) is 11.8 Å². The largest absolute Gasteiger partial charge is 0.439 e. The Kier molecular flexibility index (Phi) is 6.40. The highest BCUT2D eigenvalue weighted by Crippen LogP contribution is 2.35. The van der Waals surface area contributed by atoms with Crippen LogP contribution in [0.4, 0.5) is 0 Å². The molecule has 3 aromatic rings. The molecular weight excluding hydrogens is 386 g/mol. The second-order valence-electron chi connectivity index (χ2n) is 8.78. The lowest BCUT2D eigenvalue weighted by atomic mass is 9.84. The molecule has 0 unspecified atom stereocenters. The Hall–Kier alpha value is -3.08. The summed E-state index contributed by atoms with van der Waals surface area (Å²) in [5.41, 5.74) is 2.84. The molecule has 1 heterocycles. The summed E-state index contributed by atoms with van der Waals surface area (Å²) >= 11 is 0. The van der Waals surface area contributed by atoms with Gasteiger partial charge in [-0.25, -0.2) is 4.68 Å².